The van der Waals surface area contributed by atoms with Crippen molar-refractivity contribution >= 4 is 28.9 Å². The van der Waals surface area contributed by atoms with Gasteiger partial charge in [-0.1, -0.05) is 60.7 Å². The van der Waals surface area contributed by atoms with Gasteiger partial charge in [-0.3, -0.25) is 14.5 Å². The number of carbonyl (C=O) groups is 2. The minimum absolute atomic E-state index is 0.110. The first-order valence-electron chi connectivity index (χ1n) is 11.4. The van der Waals surface area contributed by atoms with Crippen molar-refractivity contribution in [2.45, 2.75) is 12.8 Å². The fraction of sp³-hybridized carbons (Fsp3) is 0.179. The molecule has 0 radical (unpaired) electrons. The Hall–Kier alpha value is -3.97. The maximum atomic E-state index is 12.6. The van der Waals surface area contributed by atoms with Gasteiger partial charge < -0.3 is 9.47 Å². The van der Waals surface area contributed by atoms with Crippen LogP contribution in [-0.2, 0) is 27.2 Å². The maximum absolute atomic E-state index is 12.6. The predicted octanol–water partition coefficient (Wildman–Crippen LogP) is 4.91. The molecule has 5 rings (SSSR count). The second kappa shape index (κ2) is 10.5. The van der Waals surface area contributed by atoms with Gasteiger partial charge in [0.2, 0.25) is 0 Å². The van der Waals surface area contributed by atoms with Crippen molar-refractivity contribution < 1.29 is 19.1 Å². The van der Waals surface area contributed by atoms with Gasteiger partial charge in [-0.25, -0.2) is 4.98 Å². The summed E-state index contributed by atoms with van der Waals surface area (Å²) in [4.78, 5) is 31.4. The zero-order chi connectivity index (χ0) is 24.0. The van der Waals surface area contributed by atoms with Crippen LogP contribution in [0, 0.1) is 0 Å². The monoisotopic (exact) mass is 484 g/mol. The molecule has 0 saturated carbocycles. The van der Waals surface area contributed by atoms with Gasteiger partial charge in [-0.05, 0) is 29.3 Å². The van der Waals surface area contributed by atoms with Crippen molar-refractivity contribution in [2.24, 2.45) is 0 Å². The molecule has 2 heterocycles. The normalized spacial score (nSPS) is 12.7. The largest absolute Gasteiger partial charge is 0.482 e. The Kier molecular flexibility index (Phi) is 6.86. The van der Waals surface area contributed by atoms with Crippen molar-refractivity contribution in [1.82, 2.24) is 4.98 Å². The van der Waals surface area contributed by atoms with E-state index in [0.717, 1.165) is 28.2 Å². The van der Waals surface area contributed by atoms with E-state index in [0.29, 0.717) is 17.9 Å². The van der Waals surface area contributed by atoms with E-state index in [1.807, 2.05) is 72.1 Å². The van der Waals surface area contributed by atoms with Gasteiger partial charge in [-0.2, -0.15) is 0 Å². The summed E-state index contributed by atoms with van der Waals surface area (Å²) in [5.74, 6) is -0.172. The molecule has 0 atom stereocenters. The second-order valence-corrected chi connectivity index (χ2v) is 9.14. The van der Waals surface area contributed by atoms with Gasteiger partial charge in [0.15, 0.2) is 6.61 Å². The Morgan fingerprint density at radius 3 is 2.51 bits per heavy atom. The molecule has 0 bridgehead atoms. The predicted molar refractivity (Wildman–Crippen MR) is 136 cm³/mol. The molecule has 0 N–H and O–H groups in total. The Morgan fingerprint density at radius 2 is 1.74 bits per heavy atom. The van der Waals surface area contributed by atoms with Gasteiger partial charge in [0.05, 0.1) is 23.0 Å². The van der Waals surface area contributed by atoms with E-state index in [1.54, 1.807) is 11.3 Å². The van der Waals surface area contributed by atoms with E-state index < -0.39 is 5.97 Å². The minimum atomic E-state index is -0.452. The number of fused-ring (bicyclic) bond motifs is 1. The van der Waals surface area contributed by atoms with Crippen LogP contribution in [0.4, 0.5) is 5.69 Å². The molecule has 0 spiro atoms. The van der Waals surface area contributed by atoms with Gasteiger partial charge in [0.1, 0.15) is 12.3 Å². The first-order chi connectivity index (χ1) is 17.2. The Balaban J connectivity index is 1.28. The van der Waals surface area contributed by atoms with Crippen molar-refractivity contribution in [2.75, 3.05) is 24.7 Å². The molecule has 1 aliphatic heterocycles. The average molecular weight is 485 g/mol. The van der Waals surface area contributed by atoms with Crippen LogP contribution in [0.3, 0.4) is 0 Å². The van der Waals surface area contributed by atoms with E-state index in [4.69, 9.17) is 14.5 Å². The topological polar surface area (TPSA) is 68.7 Å². The standard InChI is InChI=1S/C28H24N2O4S/c31-27-18-34-25-12-11-22(23-19-35-26(29-23)15-21-9-5-2-6-10-21)16-24(25)30(27)17-28(32)33-14-13-20-7-3-1-4-8-20/h1-12,16,19H,13-15,17-18H2. The van der Waals surface area contributed by atoms with Crippen molar-refractivity contribution in [3.8, 4) is 17.0 Å². The number of thiazole rings is 1. The van der Waals surface area contributed by atoms with Crippen LogP contribution in [0.15, 0.2) is 84.2 Å². The zero-order valence-electron chi connectivity index (χ0n) is 19.1. The number of carbonyl (C=O) groups excluding carboxylic acids is 2. The Bertz CT molecular complexity index is 1320. The molecule has 1 aromatic heterocycles. The zero-order valence-corrected chi connectivity index (χ0v) is 19.9. The van der Waals surface area contributed by atoms with Crippen LogP contribution < -0.4 is 9.64 Å². The van der Waals surface area contributed by atoms with Crippen LogP contribution in [0.1, 0.15) is 16.1 Å². The lowest BCUT2D eigenvalue weighted by molar-refractivity contribution is -0.143. The highest BCUT2D eigenvalue weighted by Crippen LogP contribution is 2.36. The van der Waals surface area contributed by atoms with Crippen molar-refractivity contribution in [1.29, 1.82) is 0 Å². The fourth-order valence-electron chi connectivity index (χ4n) is 3.93. The summed E-state index contributed by atoms with van der Waals surface area (Å²) >= 11 is 1.60. The van der Waals surface area contributed by atoms with E-state index in [1.165, 1.54) is 10.5 Å². The Morgan fingerprint density at radius 1 is 1.00 bits per heavy atom. The van der Waals surface area contributed by atoms with E-state index in [-0.39, 0.29) is 25.7 Å². The highest BCUT2D eigenvalue weighted by atomic mass is 32.1. The molecule has 0 unspecified atom stereocenters. The van der Waals surface area contributed by atoms with Gasteiger partial charge in [0.25, 0.3) is 5.91 Å². The molecular formula is C28H24N2O4S. The van der Waals surface area contributed by atoms with Crippen LogP contribution in [-0.4, -0.2) is 36.6 Å². The number of nitrogens with zero attached hydrogens (tertiary/aromatic N) is 2. The maximum Gasteiger partial charge on any atom is 0.326 e. The summed E-state index contributed by atoms with van der Waals surface area (Å²) in [5, 5.41) is 3.02. The van der Waals surface area contributed by atoms with Crippen LogP contribution in [0.5, 0.6) is 5.75 Å². The third-order valence-corrected chi connectivity index (χ3v) is 6.58. The van der Waals surface area contributed by atoms with Crippen LogP contribution >= 0.6 is 11.3 Å². The van der Waals surface area contributed by atoms with E-state index in [2.05, 4.69) is 12.1 Å². The third-order valence-electron chi connectivity index (χ3n) is 5.73. The number of amides is 1. The number of ether oxygens (including phenoxy) is 2. The molecule has 35 heavy (non-hydrogen) atoms. The molecule has 0 aliphatic carbocycles. The lowest BCUT2D eigenvalue weighted by atomic mass is 10.1. The highest BCUT2D eigenvalue weighted by molar-refractivity contribution is 7.10. The number of aromatic nitrogens is 1. The van der Waals surface area contributed by atoms with Crippen molar-refractivity contribution in [3.63, 3.8) is 0 Å². The van der Waals surface area contributed by atoms with Gasteiger partial charge >= 0.3 is 5.97 Å². The van der Waals surface area contributed by atoms with E-state index in [9.17, 15) is 9.59 Å². The molecule has 3 aromatic carbocycles. The SMILES string of the molecule is O=C(CN1C(=O)COc2ccc(-c3csc(Cc4ccccc4)n3)cc21)OCCc1ccccc1. The number of rotatable bonds is 8. The lowest BCUT2D eigenvalue weighted by Gasteiger charge is -2.29. The summed E-state index contributed by atoms with van der Waals surface area (Å²) in [7, 11) is 0. The lowest BCUT2D eigenvalue weighted by Crippen LogP contribution is -2.42. The van der Waals surface area contributed by atoms with Crippen LogP contribution in [0.2, 0.25) is 0 Å². The highest BCUT2D eigenvalue weighted by Gasteiger charge is 2.28. The average Bonchev–Trinajstić information content (AvgIpc) is 3.35. The number of hydrogen-bond donors (Lipinski definition) is 0. The van der Waals surface area contributed by atoms with Gasteiger partial charge in [-0.15, -0.1) is 11.3 Å². The van der Waals surface area contributed by atoms with Crippen LogP contribution in [0.25, 0.3) is 11.3 Å². The first-order valence-corrected chi connectivity index (χ1v) is 12.3. The number of hydrogen-bond acceptors (Lipinski definition) is 6. The molecule has 176 valence electrons. The molecule has 6 nitrogen and oxygen atoms in total. The van der Waals surface area contributed by atoms with Crippen molar-refractivity contribution in [3.05, 3.63) is 100 Å². The third kappa shape index (κ3) is 5.58. The fourth-order valence-corrected chi connectivity index (χ4v) is 4.77. The Labute approximate surface area is 207 Å². The molecule has 7 heteroatoms. The second-order valence-electron chi connectivity index (χ2n) is 8.20. The smallest absolute Gasteiger partial charge is 0.326 e. The number of esters is 1. The first kappa shape index (κ1) is 22.8. The quantitative estimate of drug-likeness (QED) is 0.332. The minimum Gasteiger partial charge on any atom is -0.482 e. The molecule has 0 fully saturated rings. The summed E-state index contributed by atoms with van der Waals surface area (Å²) in [6.07, 6.45) is 1.39. The molecular weight excluding hydrogens is 460 g/mol. The summed E-state index contributed by atoms with van der Waals surface area (Å²) in [5.41, 5.74) is 4.53. The molecule has 0 saturated heterocycles. The summed E-state index contributed by atoms with van der Waals surface area (Å²) < 4.78 is 11.0. The number of anilines is 1. The molecule has 1 aliphatic rings. The summed E-state index contributed by atoms with van der Waals surface area (Å²) in [6, 6.07) is 25.6. The number of benzene rings is 3. The molecule has 4 aromatic rings. The van der Waals surface area contributed by atoms with E-state index >= 15 is 0 Å². The van der Waals surface area contributed by atoms with Gasteiger partial charge in [0, 0.05) is 23.8 Å². The molecule has 1 amide bonds. The summed E-state index contributed by atoms with van der Waals surface area (Å²) in [6.45, 7) is -0.0113.